The Kier molecular flexibility index (Phi) is 12.1. The van der Waals surface area contributed by atoms with Crippen LogP contribution < -0.4 is 15.4 Å². The van der Waals surface area contributed by atoms with E-state index in [1.54, 1.807) is 12.1 Å². The maximum Gasteiger partial charge on any atom is 0.191 e. The number of ether oxygens (including phenoxy) is 1. The molecule has 178 valence electrons. The zero-order valence-electron chi connectivity index (χ0n) is 19.6. The van der Waals surface area contributed by atoms with Crippen LogP contribution in [0.25, 0.3) is 0 Å². The zero-order valence-corrected chi connectivity index (χ0v) is 22.7. The molecule has 2 aromatic carbocycles. The highest BCUT2D eigenvalue weighted by Gasteiger charge is 2.09. The second-order valence-corrected chi connectivity index (χ2v) is 10.1. The number of benzene rings is 2. The fraction of sp³-hybridized carbons (Fsp3) is 0.458. The molecule has 32 heavy (non-hydrogen) atoms. The fourth-order valence-corrected chi connectivity index (χ4v) is 3.55. The van der Waals surface area contributed by atoms with E-state index in [-0.39, 0.29) is 30.0 Å². The van der Waals surface area contributed by atoms with Crippen molar-refractivity contribution in [2.75, 3.05) is 26.0 Å². The van der Waals surface area contributed by atoms with E-state index in [1.807, 2.05) is 31.2 Å². The van der Waals surface area contributed by atoms with E-state index in [0.717, 1.165) is 35.8 Å². The summed E-state index contributed by atoms with van der Waals surface area (Å²) in [6.45, 7) is 10.5. The lowest BCUT2D eigenvalue weighted by Gasteiger charge is -2.19. The van der Waals surface area contributed by atoms with Crippen molar-refractivity contribution in [3.8, 4) is 5.75 Å². The number of guanidine groups is 1. The van der Waals surface area contributed by atoms with E-state index in [9.17, 15) is 8.42 Å². The van der Waals surface area contributed by atoms with Crippen molar-refractivity contribution < 1.29 is 13.2 Å². The molecule has 8 heteroatoms. The molecule has 0 saturated carbocycles. The molecule has 0 aliphatic heterocycles. The van der Waals surface area contributed by atoms with Crippen molar-refractivity contribution in [3.63, 3.8) is 0 Å². The van der Waals surface area contributed by atoms with Crippen LogP contribution in [0.5, 0.6) is 5.75 Å². The van der Waals surface area contributed by atoms with Crippen molar-refractivity contribution in [2.24, 2.45) is 10.9 Å². The molecule has 0 aliphatic rings. The van der Waals surface area contributed by atoms with Crippen LogP contribution in [0.2, 0.25) is 0 Å². The first-order valence-electron chi connectivity index (χ1n) is 10.8. The van der Waals surface area contributed by atoms with Crippen LogP contribution in [0.3, 0.4) is 0 Å². The van der Waals surface area contributed by atoms with Gasteiger partial charge in [0.2, 0.25) is 0 Å². The van der Waals surface area contributed by atoms with Gasteiger partial charge in [0.1, 0.15) is 5.75 Å². The van der Waals surface area contributed by atoms with Crippen LogP contribution in [0.15, 0.2) is 58.4 Å². The highest BCUT2D eigenvalue weighted by Crippen LogP contribution is 2.18. The van der Waals surface area contributed by atoms with E-state index in [1.165, 1.54) is 6.26 Å². The Balaban J connectivity index is 0.00000512. The first kappa shape index (κ1) is 28.2. The molecular weight excluding hydrogens is 537 g/mol. The highest BCUT2D eigenvalue weighted by molar-refractivity contribution is 14.0. The van der Waals surface area contributed by atoms with Crippen molar-refractivity contribution in [2.45, 2.75) is 45.1 Å². The number of rotatable bonds is 10. The molecule has 0 saturated heterocycles. The Morgan fingerprint density at radius 2 is 1.66 bits per heavy atom. The SMILES string of the molecule is CCNC(=NCCc1ccc(S(C)(=O)=O)cc1)NC(C)c1ccc(OCC(C)C)cc1.I. The normalized spacial score (nSPS) is 12.8. The molecule has 0 aromatic heterocycles. The maximum absolute atomic E-state index is 11.6. The summed E-state index contributed by atoms with van der Waals surface area (Å²) in [6, 6.07) is 15.2. The molecule has 2 rings (SSSR count). The summed E-state index contributed by atoms with van der Waals surface area (Å²) in [4.78, 5) is 5.00. The first-order chi connectivity index (χ1) is 14.7. The topological polar surface area (TPSA) is 79.8 Å². The average molecular weight is 574 g/mol. The van der Waals surface area contributed by atoms with E-state index in [0.29, 0.717) is 24.0 Å². The number of aliphatic imine (C=N–C) groups is 1. The van der Waals surface area contributed by atoms with Crippen molar-refractivity contribution in [1.82, 2.24) is 10.6 Å². The third-order valence-corrected chi connectivity index (χ3v) is 5.81. The standard InChI is InChI=1S/C24H35N3O3S.HI/c1-6-25-24(26-16-15-20-7-13-23(14-8-20)31(5,28)29)27-19(4)21-9-11-22(12-10-21)30-17-18(2)3;/h7-14,18-19H,6,15-17H2,1-5H3,(H2,25,26,27);1H. The molecule has 0 amide bonds. The molecule has 0 spiro atoms. The minimum atomic E-state index is -3.17. The summed E-state index contributed by atoms with van der Waals surface area (Å²) in [5, 5.41) is 6.72. The van der Waals surface area contributed by atoms with Gasteiger partial charge in [-0.2, -0.15) is 0 Å². The highest BCUT2D eigenvalue weighted by atomic mass is 127. The van der Waals surface area contributed by atoms with Crippen molar-refractivity contribution in [3.05, 3.63) is 59.7 Å². The van der Waals surface area contributed by atoms with Gasteiger partial charge in [0.05, 0.1) is 17.5 Å². The first-order valence-corrected chi connectivity index (χ1v) is 12.6. The lowest BCUT2D eigenvalue weighted by Crippen LogP contribution is -2.38. The van der Waals surface area contributed by atoms with Crippen LogP contribution in [0.4, 0.5) is 0 Å². The van der Waals surface area contributed by atoms with E-state index < -0.39 is 9.84 Å². The van der Waals surface area contributed by atoms with Gasteiger partial charge in [-0.25, -0.2) is 8.42 Å². The number of sulfone groups is 1. The number of nitrogens with one attached hydrogen (secondary N) is 2. The van der Waals surface area contributed by atoms with Gasteiger partial charge in [-0.3, -0.25) is 4.99 Å². The van der Waals surface area contributed by atoms with Gasteiger partial charge in [0.15, 0.2) is 15.8 Å². The van der Waals surface area contributed by atoms with E-state index in [4.69, 9.17) is 4.74 Å². The van der Waals surface area contributed by atoms with Gasteiger partial charge in [-0.05, 0) is 61.6 Å². The van der Waals surface area contributed by atoms with Crippen LogP contribution in [0, 0.1) is 5.92 Å². The molecule has 2 aromatic rings. The van der Waals surface area contributed by atoms with Gasteiger partial charge in [0, 0.05) is 19.3 Å². The monoisotopic (exact) mass is 573 g/mol. The summed E-state index contributed by atoms with van der Waals surface area (Å²) in [7, 11) is -3.17. The molecule has 6 nitrogen and oxygen atoms in total. The lowest BCUT2D eigenvalue weighted by atomic mass is 10.1. The molecule has 1 atom stereocenters. The Bertz CT molecular complexity index is 943. The van der Waals surface area contributed by atoms with Crippen molar-refractivity contribution in [1.29, 1.82) is 0 Å². The lowest BCUT2D eigenvalue weighted by molar-refractivity contribution is 0.271. The maximum atomic E-state index is 11.6. The van der Waals surface area contributed by atoms with Crippen molar-refractivity contribution >= 4 is 39.8 Å². The minimum absolute atomic E-state index is 0. The molecule has 0 fully saturated rings. The van der Waals surface area contributed by atoms with Gasteiger partial charge in [0.25, 0.3) is 0 Å². The summed E-state index contributed by atoms with van der Waals surface area (Å²) in [6.07, 6.45) is 1.95. The minimum Gasteiger partial charge on any atom is -0.493 e. The van der Waals surface area contributed by atoms with E-state index >= 15 is 0 Å². The van der Waals surface area contributed by atoms with Gasteiger partial charge >= 0.3 is 0 Å². The average Bonchev–Trinajstić information content (AvgIpc) is 2.72. The third-order valence-electron chi connectivity index (χ3n) is 4.68. The molecule has 2 N–H and O–H groups in total. The number of hydrogen-bond acceptors (Lipinski definition) is 4. The number of nitrogens with zero attached hydrogens (tertiary/aromatic N) is 1. The molecule has 0 heterocycles. The predicted molar refractivity (Wildman–Crippen MR) is 143 cm³/mol. The third kappa shape index (κ3) is 9.77. The molecular formula is C24H36IN3O3S. The Labute approximate surface area is 210 Å². The van der Waals surface area contributed by atoms with Crippen LogP contribution in [-0.2, 0) is 16.3 Å². The number of hydrogen-bond donors (Lipinski definition) is 2. The Morgan fingerprint density at radius 1 is 1.03 bits per heavy atom. The predicted octanol–water partition coefficient (Wildman–Crippen LogP) is 4.60. The van der Waals surface area contributed by atoms with Gasteiger partial charge < -0.3 is 15.4 Å². The molecule has 0 bridgehead atoms. The van der Waals surface area contributed by atoms with E-state index in [2.05, 4.69) is 48.5 Å². The van der Waals surface area contributed by atoms with Crippen LogP contribution >= 0.6 is 24.0 Å². The fourth-order valence-electron chi connectivity index (χ4n) is 2.92. The second-order valence-electron chi connectivity index (χ2n) is 8.07. The smallest absolute Gasteiger partial charge is 0.191 e. The van der Waals surface area contributed by atoms with Crippen LogP contribution in [0.1, 0.15) is 44.9 Å². The Morgan fingerprint density at radius 3 is 2.19 bits per heavy atom. The molecule has 0 aliphatic carbocycles. The van der Waals surface area contributed by atoms with Crippen LogP contribution in [-0.4, -0.2) is 40.3 Å². The molecule has 0 radical (unpaired) electrons. The largest absolute Gasteiger partial charge is 0.493 e. The Hall–Kier alpha value is -1.81. The molecule has 1 unspecified atom stereocenters. The summed E-state index contributed by atoms with van der Waals surface area (Å²) >= 11 is 0. The number of halogens is 1. The summed E-state index contributed by atoms with van der Waals surface area (Å²) < 4.78 is 28.9. The zero-order chi connectivity index (χ0) is 22.9. The summed E-state index contributed by atoms with van der Waals surface area (Å²) in [5.74, 6) is 2.13. The van der Waals surface area contributed by atoms with Gasteiger partial charge in [-0.1, -0.05) is 38.1 Å². The second kappa shape index (κ2) is 13.7. The quantitative estimate of drug-likeness (QED) is 0.247. The summed E-state index contributed by atoms with van der Waals surface area (Å²) in [5.41, 5.74) is 2.20. The van der Waals surface area contributed by atoms with Gasteiger partial charge in [-0.15, -0.1) is 24.0 Å².